The Labute approximate surface area is 136 Å². The van der Waals surface area contributed by atoms with Crippen molar-refractivity contribution in [2.75, 3.05) is 11.9 Å². The number of aromatic amines is 1. The summed E-state index contributed by atoms with van der Waals surface area (Å²) in [5, 5.41) is 6.49. The molecule has 2 heterocycles. The Morgan fingerprint density at radius 1 is 1.38 bits per heavy atom. The molecular weight excluding hydrogens is 318 g/mol. The molecule has 0 aromatic carbocycles. The number of esters is 1. The minimum Gasteiger partial charge on any atom is -0.462 e. The molecule has 0 atom stereocenters. The highest BCUT2D eigenvalue weighted by molar-refractivity contribution is 6.00. The highest BCUT2D eigenvalue weighted by Gasteiger charge is 2.19. The number of nitrogens with one attached hydrogen (secondary N) is 2. The highest BCUT2D eigenvalue weighted by Crippen LogP contribution is 2.15. The van der Waals surface area contributed by atoms with Gasteiger partial charge < -0.3 is 14.6 Å². The van der Waals surface area contributed by atoms with Gasteiger partial charge in [0.2, 0.25) is 5.91 Å². The minimum atomic E-state index is -0.594. The van der Waals surface area contributed by atoms with Crippen molar-refractivity contribution in [3.05, 3.63) is 44.9 Å². The maximum absolute atomic E-state index is 12.1. The van der Waals surface area contributed by atoms with Gasteiger partial charge in [0.05, 0.1) is 12.8 Å². The molecule has 24 heavy (non-hydrogen) atoms. The first kappa shape index (κ1) is 17.2. The number of hydrogen-bond acceptors (Lipinski definition) is 6. The fourth-order valence-corrected chi connectivity index (χ4v) is 1.98. The molecule has 1 amide bonds. The molecule has 0 spiro atoms. The average molecular weight is 335 g/mol. The van der Waals surface area contributed by atoms with Crippen molar-refractivity contribution in [1.82, 2.24) is 19.3 Å². The van der Waals surface area contributed by atoms with Gasteiger partial charge in [-0.05, 0) is 6.92 Å². The Kier molecular flexibility index (Phi) is 5.30. The van der Waals surface area contributed by atoms with E-state index in [2.05, 4.69) is 15.4 Å². The van der Waals surface area contributed by atoms with Gasteiger partial charge in [0.15, 0.2) is 0 Å². The van der Waals surface area contributed by atoms with Gasteiger partial charge in [-0.1, -0.05) is 0 Å². The number of ether oxygens (including phenoxy) is 1. The van der Waals surface area contributed by atoms with Crippen LogP contribution in [0.2, 0.25) is 0 Å². The number of nitrogens with zero attached hydrogens (tertiary/aromatic N) is 3. The molecule has 10 heteroatoms. The summed E-state index contributed by atoms with van der Waals surface area (Å²) in [7, 11) is 1.57. The molecule has 0 saturated heterocycles. The van der Waals surface area contributed by atoms with Crippen LogP contribution in [0.15, 0.2) is 28.0 Å². The van der Waals surface area contributed by atoms with Crippen LogP contribution in [0.25, 0.3) is 0 Å². The fourth-order valence-electron chi connectivity index (χ4n) is 1.98. The Balaban J connectivity index is 2.05. The second-order valence-electron chi connectivity index (χ2n) is 4.85. The van der Waals surface area contributed by atoms with Crippen LogP contribution in [0, 0.1) is 0 Å². The molecule has 0 unspecified atom stereocenters. The first-order valence-corrected chi connectivity index (χ1v) is 7.21. The van der Waals surface area contributed by atoms with Crippen LogP contribution in [0.1, 0.15) is 23.7 Å². The third-order valence-electron chi connectivity index (χ3n) is 3.17. The van der Waals surface area contributed by atoms with Gasteiger partial charge in [0, 0.05) is 32.3 Å². The van der Waals surface area contributed by atoms with E-state index in [1.807, 2.05) is 0 Å². The van der Waals surface area contributed by atoms with Gasteiger partial charge >= 0.3 is 11.7 Å². The van der Waals surface area contributed by atoms with Gasteiger partial charge in [0.25, 0.3) is 5.56 Å². The van der Waals surface area contributed by atoms with E-state index in [4.69, 9.17) is 4.74 Å². The quantitative estimate of drug-likeness (QED) is 0.683. The molecule has 10 nitrogen and oxygen atoms in total. The van der Waals surface area contributed by atoms with E-state index in [0.29, 0.717) is 0 Å². The van der Waals surface area contributed by atoms with Gasteiger partial charge in [-0.25, -0.2) is 9.59 Å². The van der Waals surface area contributed by atoms with Crippen LogP contribution < -0.4 is 16.6 Å². The number of aryl methyl sites for hydroxylation is 2. The lowest BCUT2D eigenvalue weighted by atomic mass is 10.3. The molecule has 128 valence electrons. The predicted octanol–water partition coefficient (Wildman–Crippen LogP) is -0.524. The molecule has 2 aromatic heterocycles. The Hall–Kier alpha value is -3.17. The second kappa shape index (κ2) is 7.40. The summed E-state index contributed by atoms with van der Waals surface area (Å²) in [6.45, 7) is 1.96. The molecular formula is C14H17N5O5. The van der Waals surface area contributed by atoms with E-state index in [1.165, 1.54) is 27.7 Å². The molecule has 0 aliphatic carbocycles. The summed E-state index contributed by atoms with van der Waals surface area (Å²) in [4.78, 5) is 48.5. The SMILES string of the molecule is CCOC(=O)c1cnn(C)c1NC(=O)CCn1ccc(=O)[nH]c1=O. The van der Waals surface area contributed by atoms with E-state index < -0.39 is 23.1 Å². The molecule has 0 fully saturated rings. The molecule has 0 aliphatic heterocycles. The lowest BCUT2D eigenvalue weighted by Gasteiger charge is -2.09. The van der Waals surface area contributed by atoms with Crippen LogP contribution in [0.4, 0.5) is 5.82 Å². The lowest BCUT2D eigenvalue weighted by molar-refractivity contribution is -0.116. The number of rotatable bonds is 6. The summed E-state index contributed by atoms with van der Waals surface area (Å²) < 4.78 is 7.45. The Bertz CT molecular complexity index is 863. The smallest absolute Gasteiger partial charge is 0.343 e. The average Bonchev–Trinajstić information content (AvgIpc) is 2.88. The number of aromatic nitrogens is 4. The van der Waals surface area contributed by atoms with E-state index in [9.17, 15) is 19.2 Å². The molecule has 2 N–H and O–H groups in total. The van der Waals surface area contributed by atoms with E-state index in [0.717, 1.165) is 0 Å². The first-order valence-electron chi connectivity index (χ1n) is 7.21. The van der Waals surface area contributed by atoms with Crippen LogP contribution >= 0.6 is 0 Å². The molecule has 2 rings (SSSR count). The van der Waals surface area contributed by atoms with Gasteiger partial charge in [-0.3, -0.25) is 19.3 Å². The molecule has 0 radical (unpaired) electrons. The summed E-state index contributed by atoms with van der Waals surface area (Å²) in [5.74, 6) is -0.785. The summed E-state index contributed by atoms with van der Waals surface area (Å²) in [6.07, 6.45) is 2.59. The Morgan fingerprint density at radius 2 is 2.12 bits per heavy atom. The van der Waals surface area contributed by atoms with Crippen LogP contribution in [0.5, 0.6) is 0 Å². The molecule has 2 aromatic rings. The normalized spacial score (nSPS) is 10.4. The zero-order valence-electron chi connectivity index (χ0n) is 13.2. The highest BCUT2D eigenvalue weighted by atomic mass is 16.5. The standard InChI is InChI=1S/C14H17N5O5/c1-3-24-13(22)9-8-15-18(2)12(9)16-10(20)4-6-19-7-5-11(21)17-14(19)23/h5,7-8H,3-4,6H2,1-2H3,(H,16,20)(H,17,21,23). The third kappa shape index (κ3) is 3.97. The molecule has 0 saturated carbocycles. The monoisotopic (exact) mass is 335 g/mol. The Morgan fingerprint density at radius 3 is 2.79 bits per heavy atom. The maximum atomic E-state index is 12.1. The first-order chi connectivity index (χ1) is 11.4. The van der Waals surface area contributed by atoms with Crippen molar-refractivity contribution in [1.29, 1.82) is 0 Å². The van der Waals surface area contributed by atoms with Crippen LogP contribution in [-0.2, 0) is 23.1 Å². The van der Waals surface area contributed by atoms with E-state index in [1.54, 1.807) is 14.0 Å². The van der Waals surface area contributed by atoms with Gasteiger partial charge in [-0.2, -0.15) is 5.10 Å². The van der Waals surface area contributed by atoms with E-state index in [-0.39, 0.29) is 31.0 Å². The van der Waals surface area contributed by atoms with Crippen molar-refractivity contribution in [2.24, 2.45) is 7.05 Å². The number of anilines is 1. The minimum absolute atomic E-state index is 0.0284. The lowest BCUT2D eigenvalue weighted by Crippen LogP contribution is -2.30. The summed E-state index contributed by atoms with van der Waals surface area (Å²) in [6, 6.07) is 1.19. The van der Waals surface area contributed by atoms with Crippen molar-refractivity contribution in [2.45, 2.75) is 19.9 Å². The van der Waals surface area contributed by atoms with Gasteiger partial charge in [-0.15, -0.1) is 0 Å². The number of amides is 1. The van der Waals surface area contributed by atoms with Crippen molar-refractivity contribution in [3.63, 3.8) is 0 Å². The second-order valence-corrected chi connectivity index (χ2v) is 4.85. The number of carbonyl (C=O) groups excluding carboxylic acids is 2. The van der Waals surface area contributed by atoms with Crippen molar-refractivity contribution >= 4 is 17.7 Å². The zero-order valence-corrected chi connectivity index (χ0v) is 13.2. The van der Waals surface area contributed by atoms with Crippen LogP contribution in [-0.4, -0.2) is 37.8 Å². The fraction of sp³-hybridized carbons (Fsp3) is 0.357. The molecule has 0 bridgehead atoms. The van der Waals surface area contributed by atoms with Crippen molar-refractivity contribution < 1.29 is 14.3 Å². The van der Waals surface area contributed by atoms with Crippen molar-refractivity contribution in [3.8, 4) is 0 Å². The largest absolute Gasteiger partial charge is 0.462 e. The van der Waals surface area contributed by atoms with Crippen LogP contribution in [0.3, 0.4) is 0 Å². The zero-order chi connectivity index (χ0) is 17.7. The summed E-state index contributed by atoms with van der Waals surface area (Å²) >= 11 is 0. The number of H-pyrrole nitrogens is 1. The number of carbonyl (C=O) groups is 2. The maximum Gasteiger partial charge on any atom is 0.343 e. The van der Waals surface area contributed by atoms with Gasteiger partial charge in [0.1, 0.15) is 11.4 Å². The summed E-state index contributed by atoms with van der Waals surface area (Å²) in [5.41, 5.74) is -0.952. The third-order valence-corrected chi connectivity index (χ3v) is 3.17. The number of hydrogen-bond donors (Lipinski definition) is 2. The predicted molar refractivity (Wildman–Crippen MR) is 83.7 cm³/mol. The molecule has 0 aliphatic rings. The van der Waals surface area contributed by atoms with E-state index >= 15 is 0 Å². The topological polar surface area (TPSA) is 128 Å².